The molecule has 0 atom stereocenters. The Morgan fingerprint density at radius 3 is 2.54 bits per heavy atom. The Morgan fingerprint density at radius 2 is 1.81 bits per heavy atom. The third kappa shape index (κ3) is 5.07. The maximum Gasteiger partial charge on any atom is 0.340 e. The Balaban J connectivity index is 1.97. The van der Waals surface area contributed by atoms with Crippen molar-refractivity contribution in [3.05, 3.63) is 59.7 Å². The van der Waals surface area contributed by atoms with Crippen molar-refractivity contribution in [2.75, 3.05) is 25.6 Å². The Labute approximate surface area is 151 Å². The number of carbonyl (C=O) groups is 3. The third-order valence-electron chi connectivity index (χ3n) is 3.44. The Hall–Kier alpha value is -3.35. The zero-order valence-electron chi connectivity index (χ0n) is 14.6. The number of benzene rings is 2. The van der Waals surface area contributed by atoms with Crippen LogP contribution in [0.1, 0.15) is 27.6 Å². The Kier molecular flexibility index (Phi) is 6.73. The van der Waals surface area contributed by atoms with E-state index in [-0.39, 0.29) is 18.7 Å². The summed E-state index contributed by atoms with van der Waals surface area (Å²) in [6, 6.07) is 13.1. The molecule has 0 spiro atoms. The van der Waals surface area contributed by atoms with Crippen molar-refractivity contribution in [3.63, 3.8) is 0 Å². The number of esters is 1. The number of ether oxygens (including phenoxy) is 2. The predicted octanol–water partition coefficient (Wildman–Crippen LogP) is 2.24. The predicted molar refractivity (Wildman–Crippen MR) is 96.4 cm³/mol. The maximum absolute atomic E-state index is 12.1. The zero-order chi connectivity index (χ0) is 18.9. The molecule has 26 heavy (non-hydrogen) atoms. The second-order valence-corrected chi connectivity index (χ2v) is 5.23. The van der Waals surface area contributed by atoms with Gasteiger partial charge in [-0.25, -0.2) is 4.79 Å². The fourth-order valence-corrected chi connectivity index (χ4v) is 2.20. The van der Waals surface area contributed by atoms with Crippen molar-refractivity contribution in [1.29, 1.82) is 0 Å². The highest BCUT2D eigenvalue weighted by Gasteiger charge is 2.14. The standard InChI is InChI=1S/C19H20N2O5/c1-3-26-19(24)15-9-4-5-10-16(15)21-17(22)12-20-18(23)13-7-6-8-14(11-13)25-2/h4-11H,3,12H2,1-2H3,(H,20,23)(H,21,22). The Morgan fingerprint density at radius 1 is 1.04 bits per heavy atom. The molecule has 7 nitrogen and oxygen atoms in total. The normalized spacial score (nSPS) is 9.92. The molecule has 0 fully saturated rings. The van der Waals surface area contributed by atoms with Crippen LogP contribution in [0.5, 0.6) is 5.75 Å². The summed E-state index contributed by atoms with van der Waals surface area (Å²) in [5.74, 6) is -0.843. The van der Waals surface area contributed by atoms with Crippen molar-refractivity contribution >= 4 is 23.5 Å². The topological polar surface area (TPSA) is 93.7 Å². The van der Waals surface area contributed by atoms with Gasteiger partial charge in [-0.3, -0.25) is 9.59 Å². The second kappa shape index (κ2) is 9.22. The van der Waals surface area contributed by atoms with Crippen LogP contribution in [0.4, 0.5) is 5.69 Å². The first-order chi connectivity index (χ1) is 12.5. The van der Waals surface area contributed by atoms with Crippen LogP contribution in [0.2, 0.25) is 0 Å². The average molecular weight is 356 g/mol. The van der Waals surface area contributed by atoms with Gasteiger partial charge in [-0.2, -0.15) is 0 Å². The van der Waals surface area contributed by atoms with Crippen molar-refractivity contribution < 1.29 is 23.9 Å². The maximum atomic E-state index is 12.1. The fraction of sp³-hybridized carbons (Fsp3) is 0.211. The molecule has 0 heterocycles. The number of amides is 2. The smallest absolute Gasteiger partial charge is 0.340 e. The molecule has 0 unspecified atom stereocenters. The van der Waals surface area contributed by atoms with Gasteiger partial charge in [0.15, 0.2) is 0 Å². The van der Waals surface area contributed by atoms with Gasteiger partial charge in [-0.1, -0.05) is 18.2 Å². The van der Waals surface area contributed by atoms with Gasteiger partial charge in [0.25, 0.3) is 5.91 Å². The molecular weight excluding hydrogens is 336 g/mol. The number of methoxy groups -OCH3 is 1. The van der Waals surface area contributed by atoms with E-state index in [1.54, 1.807) is 55.5 Å². The fourth-order valence-electron chi connectivity index (χ4n) is 2.20. The minimum atomic E-state index is -0.524. The van der Waals surface area contributed by atoms with Crippen LogP contribution in [0.15, 0.2) is 48.5 Å². The van der Waals surface area contributed by atoms with E-state index >= 15 is 0 Å². The lowest BCUT2D eigenvalue weighted by atomic mass is 10.1. The van der Waals surface area contributed by atoms with E-state index in [4.69, 9.17) is 9.47 Å². The molecule has 0 radical (unpaired) electrons. The lowest BCUT2D eigenvalue weighted by Gasteiger charge is -2.11. The first-order valence-electron chi connectivity index (χ1n) is 8.03. The first kappa shape index (κ1) is 19.0. The van der Waals surface area contributed by atoms with Crippen LogP contribution in [0.25, 0.3) is 0 Å². The van der Waals surface area contributed by atoms with E-state index in [1.165, 1.54) is 7.11 Å². The summed E-state index contributed by atoms with van der Waals surface area (Å²) in [6.45, 7) is 1.69. The average Bonchev–Trinajstić information content (AvgIpc) is 2.66. The summed E-state index contributed by atoms with van der Waals surface area (Å²) in [4.78, 5) is 36.1. The second-order valence-electron chi connectivity index (χ2n) is 5.23. The highest BCUT2D eigenvalue weighted by Crippen LogP contribution is 2.16. The molecule has 2 aromatic rings. The minimum absolute atomic E-state index is 0.234. The number of anilines is 1. The molecule has 0 saturated carbocycles. The SMILES string of the molecule is CCOC(=O)c1ccccc1NC(=O)CNC(=O)c1cccc(OC)c1. The minimum Gasteiger partial charge on any atom is -0.497 e. The molecule has 2 rings (SSSR count). The van der Waals surface area contributed by atoms with Crippen molar-refractivity contribution in [2.45, 2.75) is 6.92 Å². The van der Waals surface area contributed by atoms with Crippen LogP contribution >= 0.6 is 0 Å². The molecule has 0 bridgehead atoms. The summed E-state index contributed by atoms with van der Waals surface area (Å²) < 4.78 is 10.0. The zero-order valence-corrected chi connectivity index (χ0v) is 14.6. The van der Waals surface area contributed by atoms with E-state index in [0.29, 0.717) is 17.0 Å². The van der Waals surface area contributed by atoms with E-state index in [2.05, 4.69) is 10.6 Å². The summed E-state index contributed by atoms with van der Waals surface area (Å²) in [6.07, 6.45) is 0. The number of hydrogen-bond acceptors (Lipinski definition) is 5. The monoisotopic (exact) mass is 356 g/mol. The Bertz CT molecular complexity index is 804. The van der Waals surface area contributed by atoms with Gasteiger partial charge in [-0.05, 0) is 37.3 Å². The summed E-state index contributed by atoms with van der Waals surface area (Å²) in [5.41, 5.74) is 0.956. The quantitative estimate of drug-likeness (QED) is 0.742. The molecule has 7 heteroatoms. The highest BCUT2D eigenvalue weighted by atomic mass is 16.5. The van der Waals surface area contributed by atoms with E-state index in [9.17, 15) is 14.4 Å². The molecule has 136 valence electrons. The molecule has 2 aromatic carbocycles. The molecule has 0 aliphatic rings. The third-order valence-corrected chi connectivity index (χ3v) is 3.44. The van der Waals surface area contributed by atoms with E-state index in [0.717, 1.165) is 0 Å². The van der Waals surface area contributed by atoms with Crippen LogP contribution in [0, 0.1) is 0 Å². The number of rotatable bonds is 7. The van der Waals surface area contributed by atoms with Gasteiger partial charge < -0.3 is 20.1 Å². The van der Waals surface area contributed by atoms with Gasteiger partial charge in [-0.15, -0.1) is 0 Å². The molecule has 2 amide bonds. The van der Waals surface area contributed by atoms with Gasteiger partial charge in [0, 0.05) is 5.56 Å². The van der Waals surface area contributed by atoms with Crippen LogP contribution in [-0.2, 0) is 9.53 Å². The van der Waals surface area contributed by atoms with E-state index in [1.807, 2.05) is 0 Å². The molecular formula is C19H20N2O5. The highest BCUT2D eigenvalue weighted by molar-refractivity contribution is 6.03. The van der Waals surface area contributed by atoms with Crippen molar-refractivity contribution in [2.24, 2.45) is 0 Å². The van der Waals surface area contributed by atoms with Gasteiger partial charge in [0.1, 0.15) is 5.75 Å². The number of para-hydroxylation sites is 1. The number of hydrogen-bond donors (Lipinski definition) is 2. The first-order valence-corrected chi connectivity index (χ1v) is 8.03. The van der Waals surface area contributed by atoms with Crippen molar-refractivity contribution in [3.8, 4) is 5.75 Å². The number of nitrogens with one attached hydrogen (secondary N) is 2. The van der Waals surface area contributed by atoms with Gasteiger partial charge >= 0.3 is 5.97 Å². The molecule has 2 N–H and O–H groups in total. The molecule has 0 saturated heterocycles. The lowest BCUT2D eigenvalue weighted by molar-refractivity contribution is -0.115. The van der Waals surface area contributed by atoms with Crippen molar-refractivity contribution in [1.82, 2.24) is 5.32 Å². The summed E-state index contributed by atoms with van der Waals surface area (Å²) in [7, 11) is 1.51. The van der Waals surface area contributed by atoms with Crippen LogP contribution in [0.3, 0.4) is 0 Å². The largest absolute Gasteiger partial charge is 0.497 e. The lowest BCUT2D eigenvalue weighted by Crippen LogP contribution is -2.33. The summed E-state index contributed by atoms with van der Waals surface area (Å²) >= 11 is 0. The molecule has 0 aromatic heterocycles. The van der Waals surface area contributed by atoms with Crippen LogP contribution < -0.4 is 15.4 Å². The van der Waals surface area contributed by atoms with Gasteiger partial charge in [0.05, 0.1) is 31.5 Å². The van der Waals surface area contributed by atoms with E-state index < -0.39 is 17.8 Å². The molecule has 0 aliphatic heterocycles. The summed E-state index contributed by atoms with van der Waals surface area (Å²) in [5, 5.41) is 5.12. The van der Waals surface area contributed by atoms with Gasteiger partial charge in [0.2, 0.25) is 5.91 Å². The number of carbonyl (C=O) groups excluding carboxylic acids is 3. The van der Waals surface area contributed by atoms with Crippen LogP contribution in [-0.4, -0.2) is 38.0 Å². The molecule has 0 aliphatic carbocycles.